The summed E-state index contributed by atoms with van der Waals surface area (Å²) in [5, 5.41) is 16.5. The minimum absolute atomic E-state index is 0.143. The first-order valence-electron chi connectivity index (χ1n) is 12.1. The Morgan fingerprint density at radius 1 is 1.13 bits per heavy atom. The summed E-state index contributed by atoms with van der Waals surface area (Å²) < 4.78 is 12.2. The largest absolute Gasteiger partial charge is 0.457 e. The Morgan fingerprint density at radius 3 is 2.28 bits per heavy atom. The number of aldehydes is 1. The molecular formula is C26H28N6O7. The first kappa shape index (κ1) is 27.1. The number of nitrogens with zero attached hydrogens (tertiary/aromatic N) is 5. The zero-order valence-electron chi connectivity index (χ0n) is 21.6. The molecule has 2 N–H and O–H groups in total. The van der Waals surface area contributed by atoms with Crippen LogP contribution < -0.4 is 15.4 Å². The maximum Gasteiger partial charge on any atom is 0.410 e. The van der Waals surface area contributed by atoms with Crippen LogP contribution in [0.15, 0.2) is 54.6 Å². The number of rotatable bonds is 9. The van der Waals surface area contributed by atoms with Gasteiger partial charge in [-0.15, -0.1) is 5.10 Å². The predicted octanol–water partition coefficient (Wildman–Crippen LogP) is 3.30. The zero-order valence-corrected chi connectivity index (χ0v) is 21.6. The number of carbonyl (C=O) groups excluding carboxylic acids is 3. The summed E-state index contributed by atoms with van der Waals surface area (Å²) in [5.74, 6) is -0.170. The molecule has 2 heterocycles. The van der Waals surface area contributed by atoms with E-state index in [0.29, 0.717) is 23.5 Å². The highest BCUT2D eigenvalue weighted by atomic mass is 16.6. The van der Waals surface area contributed by atoms with E-state index in [4.69, 9.17) is 15.2 Å². The van der Waals surface area contributed by atoms with Crippen molar-refractivity contribution in [2.24, 2.45) is 5.73 Å². The Hall–Kier alpha value is -4.94. The molecule has 2 aromatic carbocycles. The number of aromatic nitrogens is 2. The van der Waals surface area contributed by atoms with E-state index < -0.39 is 39.9 Å². The molecule has 1 aromatic heterocycles. The number of hydrogen-bond donors (Lipinski definition) is 1. The smallest absolute Gasteiger partial charge is 0.410 e. The number of carbonyl (C=O) groups is 3. The van der Waals surface area contributed by atoms with Crippen LogP contribution in [0.5, 0.6) is 11.5 Å². The summed E-state index contributed by atoms with van der Waals surface area (Å²) in [6.45, 7) is 5.24. The van der Waals surface area contributed by atoms with Gasteiger partial charge < -0.3 is 29.8 Å². The standard InChI is InChI=1S/C26H28N6O7/c1-26(2,3)39-25(35)29-15-18(16-29)30(13-14-33)24-22(32(36)37)21(23(27)34)31(28-24)17-9-11-20(12-10-17)38-19-7-5-4-6-8-19/h4-12,14,18H,13,15-16H2,1-3H3,(H2,27,34). The third-order valence-electron chi connectivity index (χ3n) is 5.82. The minimum atomic E-state index is -1.07. The number of nitro groups is 1. The molecule has 0 bridgehead atoms. The molecule has 0 atom stereocenters. The van der Waals surface area contributed by atoms with Gasteiger partial charge in [-0.05, 0) is 57.2 Å². The summed E-state index contributed by atoms with van der Waals surface area (Å²) in [5.41, 5.74) is 4.10. The molecule has 1 saturated heterocycles. The zero-order chi connectivity index (χ0) is 28.3. The Kier molecular flexibility index (Phi) is 7.51. The summed E-state index contributed by atoms with van der Waals surface area (Å²) in [7, 11) is 0. The highest BCUT2D eigenvalue weighted by molar-refractivity contribution is 5.98. The van der Waals surface area contributed by atoms with E-state index in [1.165, 1.54) is 9.80 Å². The van der Waals surface area contributed by atoms with Crippen molar-refractivity contribution >= 4 is 29.8 Å². The van der Waals surface area contributed by atoms with Crippen molar-refractivity contribution in [1.29, 1.82) is 0 Å². The first-order valence-corrected chi connectivity index (χ1v) is 12.1. The van der Waals surface area contributed by atoms with E-state index in [1.54, 1.807) is 57.2 Å². The summed E-state index contributed by atoms with van der Waals surface area (Å²) in [6.07, 6.45) is 0.0268. The lowest BCUT2D eigenvalue weighted by atomic mass is 10.1. The third-order valence-corrected chi connectivity index (χ3v) is 5.82. The Balaban J connectivity index is 1.66. The second kappa shape index (κ2) is 10.8. The fraction of sp³-hybridized carbons (Fsp3) is 0.308. The molecule has 1 aliphatic heterocycles. The average molecular weight is 537 g/mol. The van der Waals surface area contributed by atoms with Crippen LogP contribution in [0.1, 0.15) is 31.3 Å². The van der Waals surface area contributed by atoms with Gasteiger partial charge >= 0.3 is 11.8 Å². The maximum absolute atomic E-state index is 12.4. The summed E-state index contributed by atoms with van der Waals surface area (Å²) >= 11 is 0. The molecule has 0 saturated carbocycles. The van der Waals surface area contributed by atoms with Gasteiger partial charge in [-0.25, -0.2) is 9.48 Å². The SMILES string of the molecule is CC(C)(C)OC(=O)N1CC(N(CC=O)c2nn(-c3ccc(Oc4ccccc4)cc3)c(C(N)=O)c2[N+](=O)[O-])C1. The topological polar surface area (TPSA) is 163 Å². The van der Waals surface area contributed by atoms with Crippen molar-refractivity contribution in [2.45, 2.75) is 32.4 Å². The van der Waals surface area contributed by atoms with E-state index in [-0.39, 0.29) is 25.5 Å². The predicted molar refractivity (Wildman–Crippen MR) is 140 cm³/mol. The van der Waals surface area contributed by atoms with Crippen molar-refractivity contribution in [3.63, 3.8) is 0 Å². The molecule has 0 radical (unpaired) electrons. The lowest BCUT2D eigenvalue weighted by molar-refractivity contribution is -0.384. The number of benzene rings is 2. The molecule has 1 aliphatic rings. The van der Waals surface area contributed by atoms with Crippen LogP contribution in [-0.2, 0) is 9.53 Å². The minimum Gasteiger partial charge on any atom is -0.457 e. The third kappa shape index (κ3) is 5.98. The first-order chi connectivity index (χ1) is 18.5. The Morgan fingerprint density at radius 2 is 1.74 bits per heavy atom. The van der Waals surface area contributed by atoms with Crippen molar-refractivity contribution in [3.05, 3.63) is 70.4 Å². The molecule has 0 aliphatic carbocycles. The number of likely N-dealkylation sites (tertiary alicyclic amines) is 1. The molecule has 4 rings (SSSR count). The fourth-order valence-corrected chi connectivity index (χ4v) is 4.06. The van der Waals surface area contributed by atoms with Crippen LogP contribution in [-0.4, -0.2) is 69.2 Å². The number of anilines is 1. The average Bonchev–Trinajstić information content (AvgIpc) is 3.24. The van der Waals surface area contributed by atoms with Gasteiger partial charge in [-0.1, -0.05) is 18.2 Å². The van der Waals surface area contributed by atoms with Crippen LogP contribution in [0.2, 0.25) is 0 Å². The van der Waals surface area contributed by atoms with Crippen LogP contribution in [0, 0.1) is 10.1 Å². The monoisotopic (exact) mass is 536 g/mol. The highest BCUT2D eigenvalue weighted by Crippen LogP contribution is 2.36. The van der Waals surface area contributed by atoms with Crippen molar-refractivity contribution < 1.29 is 28.8 Å². The quantitative estimate of drug-likeness (QED) is 0.245. The Bertz CT molecular complexity index is 1380. The molecule has 1 fully saturated rings. The van der Waals surface area contributed by atoms with Crippen LogP contribution in [0.3, 0.4) is 0 Å². The van der Waals surface area contributed by atoms with Gasteiger partial charge in [0, 0.05) is 13.1 Å². The number of nitrogens with two attached hydrogens (primary N) is 1. The molecule has 204 valence electrons. The molecule has 13 nitrogen and oxygen atoms in total. The van der Waals surface area contributed by atoms with E-state index in [1.807, 2.05) is 18.2 Å². The maximum atomic E-state index is 12.4. The second-order valence-electron chi connectivity index (χ2n) is 9.82. The fourth-order valence-electron chi connectivity index (χ4n) is 4.06. The molecule has 3 aromatic rings. The summed E-state index contributed by atoms with van der Waals surface area (Å²) in [4.78, 5) is 50.5. The number of hydrogen-bond acceptors (Lipinski definition) is 9. The number of para-hydroxylation sites is 1. The van der Waals surface area contributed by atoms with Crippen LogP contribution >= 0.6 is 0 Å². The van der Waals surface area contributed by atoms with Gasteiger partial charge in [0.05, 0.1) is 23.2 Å². The number of ether oxygens (including phenoxy) is 2. The molecular weight excluding hydrogens is 508 g/mol. The van der Waals surface area contributed by atoms with Crippen LogP contribution in [0.4, 0.5) is 16.3 Å². The van der Waals surface area contributed by atoms with E-state index >= 15 is 0 Å². The van der Waals surface area contributed by atoms with Gasteiger partial charge in [0.2, 0.25) is 11.5 Å². The molecule has 39 heavy (non-hydrogen) atoms. The molecule has 0 spiro atoms. The lowest BCUT2D eigenvalue weighted by Gasteiger charge is -2.44. The van der Waals surface area contributed by atoms with Gasteiger partial charge in [0.1, 0.15) is 23.4 Å². The van der Waals surface area contributed by atoms with Crippen molar-refractivity contribution in [1.82, 2.24) is 14.7 Å². The van der Waals surface area contributed by atoms with E-state index in [0.717, 1.165) is 4.68 Å². The van der Waals surface area contributed by atoms with Gasteiger partial charge in [0.15, 0.2) is 0 Å². The highest BCUT2D eigenvalue weighted by Gasteiger charge is 2.42. The van der Waals surface area contributed by atoms with Crippen LogP contribution in [0.25, 0.3) is 5.69 Å². The van der Waals surface area contributed by atoms with E-state index in [9.17, 15) is 24.5 Å². The number of primary amides is 1. The molecule has 13 heteroatoms. The van der Waals surface area contributed by atoms with Gasteiger partial charge in [0.25, 0.3) is 5.91 Å². The second-order valence-corrected chi connectivity index (χ2v) is 9.82. The van der Waals surface area contributed by atoms with Crippen molar-refractivity contribution in [2.75, 3.05) is 24.5 Å². The van der Waals surface area contributed by atoms with Gasteiger partial charge in [-0.3, -0.25) is 14.9 Å². The normalized spacial score (nSPS) is 13.4. The van der Waals surface area contributed by atoms with Gasteiger partial charge in [-0.2, -0.15) is 0 Å². The lowest BCUT2D eigenvalue weighted by Crippen LogP contribution is -2.62. The number of amides is 2. The molecule has 0 unspecified atom stereocenters. The Labute approximate surface area is 223 Å². The van der Waals surface area contributed by atoms with Crippen molar-refractivity contribution in [3.8, 4) is 17.2 Å². The molecule has 2 amide bonds. The summed E-state index contributed by atoms with van der Waals surface area (Å²) in [6, 6.07) is 15.0. The van der Waals surface area contributed by atoms with E-state index in [2.05, 4.69) is 5.10 Å².